The van der Waals surface area contributed by atoms with Crippen molar-refractivity contribution in [2.75, 3.05) is 4.90 Å². The third kappa shape index (κ3) is 5.28. The molecular weight excluding hydrogens is 396 g/mol. The molecule has 0 aliphatic heterocycles. The third-order valence-electron chi connectivity index (χ3n) is 3.70. The van der Waals surface area contributed by atoms with E-state index in [2.05, 4.69) is 4.98 Å². The number of thiazole rings is 1. The number of rotatable bonds is 6. The van der Waals surface area contributed by atoms with Crippen LogP contribution in [0.2, 0.25) is 5.02 Å². The van der Waals surface area contributed by atoms with Gasteiger partial charge < -0.3 is 4.74 Å². The van der Waals surface area contributed by atoms with Gasteiger partial charge in [0, 0.05) is 23.4 Å². The lowest BCUT2D eigenvalue weighted by Gasteiger charge is -2.17. The Balaban J connectivity index is 1.61. The van der Waals surface area contributed by atoms with E-state index in [0.717, 1.165) is 11.3 Å². The van der Waals surface area contributed by atoms with Crippen molar-refractivity contribution in [2.24, 2.45) is 0 Å². The van der Waals surface area contributed by atoms with Crippen LogP contribution in [0.4, 0.5) is 10.8 Å². The van der Waals surface area contributed by atoms with Gasteiger partial charge in [-0.3, -0.25) is 9.69 Å². The molecule has 0 aliphatic carbocycles. The summed E-state index contributed by atoms with van der Waals surface area (Å²) in [5, 5.41) is 2.93. The molecular formula is C21H17ClN2O3S. The van der Waals surface area contributed by atoms with E-state index >= 15 is 0 Å². The minimum Gasteiger partial charge on any atom is -0.456 e. The quantitative estimate of drug-likeness (QED) is 0.410. The highest BCUT2D eigenvalue weighted by atomic mass is 35.5. The van der Waals surface area contributed by atoms with Gasteiger partial charge >= 0.3 is 5.97 Å². The number of hydrogen-bond acceptors (Lipinski definition) is 5. The Labute approximate surface area is 171 Å². The molecule has 142 valence electrons. The Morgan fingerprint density at radius 3 is 2.54 bits per heavy atom. The van der Waals surface area contributed by atoms with Crippen molar-refractivity contribution in [3.8, 4) is 0 Å². The average Bonchev–Trinajstić information content (AvgIpc) is 3.15. The minimum absolute atomic E-state index is 0.0286. The molecule has 3 rings (SSSR count). The molecule has 0 saturated heterocycles. The van der Waals surface area contributed by atoms with Crippen molar-refractivity contribution in [1.82, 2.24) is 4.98 Å². The van der Waals surface area contributed by atoms with Gasteiger partial charge in [-0.25, -0.2) is 9.78 Å². The van der Waals surface area contributed by atoms with E-state index in [-0.39, 0.29) is 12.5 Å². The van der Waals surface area contributed by atoms with Crippen molar-refractivity contribution >= 4 is 51.7 Å². The van der Waals surface area contributed by atoms with Gasteiger partial charge in [0.25, 0.3) is 0 Å². The second kappa shape index (κ2) is 9.30. The first-order chi connectivity index (χ1) is 13.5. The number of anilines is 2. The fourth-order valence-corrected chi connectivity index (χ4v) is 3.40. The number of carbonyl (C=O) groups is 2. The number of esters is 1. The maximum atomic E-state index is 12.1. The van der Waals surface area contributed by atoms with Gasteiger partial charge in [-0.15, -0.1) is 11.3 Å². The fourth-order valence-electron chi connectivity index (χ4n) is 2.40. The van der Waals surface area contributed by atoms with Gasteiger partial charge in [-0.1, -0.05) is 41.9 Å². The zero-order valence-electron chi connectivity index (χ0n) is 15.0. The summed E-state index contributed by atoms with van der Waals surface area (Å²) in [4.78, 5) is 29.9. The number of carbonyl (C=O) groups excluding carboxylic acids is 2. The summed E-state index contributed by atoms with van der Waals surface area (Å²) in [6.07, 6.45) is 3.00. The topological polar surface area (TPSA) is 59.5 Å². The lowest BCUT2D eigenvalue weighted by Crippen LogP contribution is -2.22. The molecule has 0 saturated carbocycles. The normalized spacial score (nSPS) is 10.8. The van der Waals surface area contributed by atoms with E-state index in [1.54, 1.807) is 35.7 Å². The van der Waals surface area contributed by atoms with E-state index < -0.39 is 5.97 Å². The van der Waals surface area contributed by atoms with Crippen LogP contribution in [0.25, 0.3) is 6.08 Å². The van der Waals surface area contributed by atoms with E-state index in [0.29, 0.717) is 15.8 Å². The van der Waals surface area contributed by atoms with E-state index in [1.807, 2.05) is 30.3 Å². The predicted molar refractivity (Wildman–Crippen MR) is 112 cm³/mol. The average molecular weight is 413 g/mol. The Morgan fingerprint density at radius 1 is 1.14 bits per heavy atom. The zero-order valence-corrected chi connectivity index (χ0v) is 16.6. The standard InChI is InChI=1S/C21H17ClN2O3S/c1-15(25)24(19-5-3-2-4-6-19)21-23-18(14-28-21)13-27-20(26)12-9-16-7-10-17(22)11-8-16/h2-12,14H,13H2,1H3/b12-9+. The Bertz CT molecular complexity index is 984. The van der Waals surface area contributed by atoms with E-state index in [4.69, 9.17) is 16.3 Å². The number of hydrogen-bond donors (Lipinski definition) is 0. The second-order valence-corrected chi connectivity index (χ2v) is 7.08. The first-order valence-electron chi connectivity index (χ1n) is 8.43. The second-order valence-electron chi connectivity index (χ2n) is 5.80. The number of benzene rings is 2. The number of nitrogens with zero attached hydrogens (tertiary/aromatic N) is 2. The molecule has 1 amide bonds. The molecule has 0 spiro atoms. The molecule has 7 heteroatoms. The lowest BCUT2D eigenvalue weighted by molar-refractivity contribution is -0.139. The van der Waals surface area contributed by atoms with Crippen LogP contribution >= 0.6 is 22.9 Å². The van der Waals surface area contributed by atoms with Crippen LogP contribution in [0, 0.1) is 0 Å². The highest BCUT2D eigenvalue weighted by molar-refractivity contribution is 7.14. The van der Waals surface area contributed by atoms with Crippen LogP contribution in [0.1, 0.15) is 18.2 Å². The van der Waals surface area contributed by atoms with Crippen LogP contribution in [0.5, 0.6) is 0 Å². The summed E-state index contributed by atoms with van der Waals surface area (Å²) in [6, 6.07) is 16.4. The molecule has 28 heavy (non-hydrogen) atoms. The molecule has 2 aromatic carbocycles. The lowest BCUT2D eigenvalue weighted by atomic mass is 10.2. The first kappa shape index (κ1) is 19.8. The molecule has 0 bridgehead atoms. The maximum absolute atomic E-state index is 12.1. The smallest absolute Gasteiger partial charge is 0.331 e. The molecule has 5 nitrogen and oxygen atoms in total. The monoisotopic (exact) mass is 412 g/mol. The van der Waals surface area contributed by atoms with E-state index in [9.17, 15) is 9.59 Å². The predicted octanol–water partition coefficient (Wildman–Crippen LogP) is 5.24. The molecule has 3 aromatic rings. The largest absolute Gasteiger partial charge is 0.456 e. The summed E-state index contributed by atoms with van der Waals surface area (Å²) in [7, 11) is 0. The van der Waals surface area contributed by atoms with Crippen molar-refractivity contribution in [3.63, 3.8) is 0 Å². The molecule has 0 radical (unpaired) electrons. The Kier molecular flexibility index (Phi) is 6.57. The molecule has 0 N–H and O–H groups in total. The molecule has 1 aromatic heterocycles. The van der Waals surface area contributed by atoms with Crippen LogP contribution in [0.15, 0.2) is 66.1 Å². The highest BCUT2D eigenvalue weighted by Crippen LogP contribution is 2.28. The van der Waals surface area contributed by atoms with Crippen LogP contribution in [0.3, 0.4) is 0 Å². The minimum atomic E-state index is -0.476. The van der Waals surface area contributed by atoms with Crippen molar-refractivity contribution < 1.29 is 14.3 Å². The van der Waals surface area contributed by atoms with Gasteiger partial charge in [-0.2, -0.15) is 0 Å². The number of ether oxygens (including phenoxy) is 1. The molecule has 0 atom stereocenters. The number of para-hydroxylation sites is 1. The zero-order chi connectivity index (χ0) is 19.9. The summed E-state index contributed by atoms with van der Waals surface area (Å²) in [5.74, 6) is -0.619. The summed E-state index contributed by atoms with van der Waals surface area (Å²) < 4.78 is 5.22. The van der Waals surface area contributed by atoms with Crippen LogP contribution in [-0.4, -0.2) is 16.9 Å². The van der Waals surface area contributed by atoms with Gasteiger partial charge in [0.1, 0.15) is 6.61 Å². The van der Waals surface area contributed by atoms with Crippen LogP contribution in [-0.2, 0) is 20.9 Å². The van der Waals surface area contributed by atoms with Gasteiger partial charge in [0.15, 0.2) is 5.13 Å². The maximum Gasteiger partial charge on any atom is 0.331 e. The molecule has 0 unspecified atom stereocenters. The number of amides is 1. The highest BCUT2D eigenvalue weighted by Gasteiger charge is 2.17. The van der Waals surface area contributed by atoms with Crippen molar-refractivity contribution in [2.45, 2.75) is 13.5 Å². The van der Waals surface area contributed by atoms with Crippen molar-refractivity contribution in [1.29, 1.82) is 0 Å². The number of aromatic nitrogens is 1. The summed E-state index contributed by atoms with van der Waals surface area (Å²) in [6.45, 7) is 1.51. The molecule has 1 heterocycles. The SMILES string of the molecule is CC(=O)N(c1ccccc1)c1nc(COC(=O)/C=C/c2ccc(Cl)cc2)cs1. The van der Waals surface area contributed by atoms with Crippen molar-refractivity contribution in [3.05, 3.63) is 82.3 Å². The number of halogens is 1. The fraction of sp³-hybridized carbons (Fsp3) is 0.0952. The van der Waals surface area contributed by atoms with Crippen LogP contribution < -0.4 is 4.90 Å². The summed E-state index contributed by atoms with van der Waals surface area (Å²) >= 11 is 7.14. The molecule has 0 aliphatic rings. The van der Waals surface area contributed by atoms with Gasteiger partial charge in [0.2, 0.25) is 5.91 Å². The third-order valence-corrected chi connectivity index (χ3v) is 4.83. The van der Waals surface area contributed by atoms with Gasteiger partial charge in [0.05, 0.1) is 11.4 Å². The Hall–Kier alpha value is -2.96. The first-order valence-corrected chi connectivity index (χ1v) is 9.69. The molecule has 0 fully saturated rings. The Morgan fingerprint density at radius 2 is 1.86 bits per heavy atom. The van der Waals surface area contributed by atoms with Gasteiger partial charge in [-0.05, 0) is 35.9 Å². The van der Waals surface area contributed by atoms with E-state index in [1.165, 1.54) is 29.2 Å². The summed E-state index contributed by atoms with van der Waals surface area (Å²) in [5.41, 5.74) is 2.16.